The first-order valence-electron chi connectivity index (χ1n) is 6.94. The Bertz CT molecular complexity index is 697. The summed E-state index contributed by atoms with van der Waals surface area (Å²) in [4.78, 5) is 17.0. The zero-order chi connectivity index (χ0) is 16.3. The second-order valence-electron chi connectivity index (χ2n) is 6.01. The summed E-state index contributed by atoms with van der Waals surface area (Å²) in [5.41, 5.74) is 7.46. The van der Waals surface area contributed by atoms with Crippen LogP contribution in [0.5, 0.6) is 0 Å². The molecule has 6 nitrogen and oxygen atoms in total. The van der Waals surface area contributed by atoms with Gasteiger partial charge >= 0.3 is 5.97 Å². The number of aromatic nitrogens is 2. The summed E-state index contributed by atoms with van der Waals surface area (Å²) in [6.07, 6.45) is 0. The number of amidine groups is 1. The Hall–Kier alpha value is -2.63. The maximum Gasteiger partial charge on any atom is 0.383 e. The number of nitrogens with two attached hydrogens (primary N) is 1. The molecule has 0 saturated carbocycles. The first-order chi connectivity index (χ1) is 10.3. The molecule has 1 aromatic heterocycles. The van der Waals surface area contributed by atoms with Crippen molar-refractivity contribution in [3.05, 3.63) is 53.3 Å². The highest BCUT2D eigenvalue weighted by Crippen LogP contribution is 2.21. The number of hydrogen-bond donors (Lipinski definition) is 1. The normalized spacial score (nSPS) is 12.3. The predicted molar refractivity (Wildman–Crippen MR) is 84.5 cm³/mol. The van der Waals surface area contributed by atoms with Crippen molar-refractivity contribution < 1.29 is 9.63 Å². The van der Waals surface area contributed by atoms with Crippen molar-refractivity contribution in [2.45, 2.75) is 26.2 Å². The number of benzene rings is 1. The average molecular weight is 300 g/mol. The summed E-state index contributed by atoms with van der Waals surface area (Å²) in [5.74, 6) is -0.448. The van der Waals surface area contributed by atoms with Gasteiger partial charge in [0, 0.05) is 18.0 Å². The van der Waals surface area contributed by atoms with Crippen LogP contribution >= 0.6 is 0 Å². The van der Waals surface area contributed by atoms with Gasteiger partial charge in [-0.15, -0.1) is 0 Å². The molecule has 0 spiro atoms. The van der Waals surface area contributed by atoms with E-state index in [1.54, 1.807) is 25.2 Å². The maximum absolute atomic E-state index is 12.1. The van der Waals surface area contributed by atoms with E-state index in [0.29, 0.717) is 11.3 Å². The van der Waals surface area contributed by atoms with Crippen molar-refractivity contribution in [3.8, 4) is 0 Å². The van der Waals surface area contributed by atoms with Crippen molar-refractivity contribution in [1.29, 1.82) is 0 Å². The molecule has 1 heterocycles. The quantitative estimate of drug-likeness (QED) is 0.408. The van der Waals surface area contributed by atoms with E-state index < -0.39 is 5.97 Å². The molecule has 2 N–H and O–H groups in total. The molecule has 0 fully saturated rings. The van der Waals surface area contributed by atoms with Crippen molar-refractivity contribution in [2.75, 3.05) is 0 Å². The molecule has 0 atom stereocenters. The topological polar surface area (TPSA) is 82.5 Å². The molecular formula is C16H20N4O2. The highest BCUT2D eigenvalue weighted by Gasteiger charge is 2.22. The number of carbonyl (C=O) groups excluding carboxylic acids is 1. The van der Waals surface area contributed by atoms with Gasteiger partial charge in [0.25, 0.3) is 0 Å². The molecule has 2 aromatic rings. The molecule has 0 amide bonds. The number of carbonyl (C=O) groups is 1. The van der Waals surface area contributed by atoms with Gasteiger partial charge in [0.2, 0.25) is 0 Å². The third kappa shape index (κ3) is 3.52. The van der Waals surface area contributed by atoms with E-state index >= 15 is 0 Å². The molecule has 0 aliphatic carbocycles. The van der Waals surface area contributed by atoms with Gasteiger partial charge in [-0.25, -0.2) is 4.79 Å². The molecule has 0 radical (unpaired) electrons. The third-order valence-electron chi connectivity index (χ3n) is 3.15. The second kappa shape index (κ2) is 6.01. The zero-order valence-corrected chi connectivity index (χ0v) is 13.2. The van der Waals surface area contributed by atoms with Crippen LogP contribution < -0.4 is 5.73 Å². The summed E-state index contributed by atoms with van der Waals surface area (Å²) in [6.45, 7) is 6.07. The average Bonchev–Trinajstić information content (AvgIpc) is 2.87. The predicted octanol–water partition coefficient (Wildman–Crippen LogP) is 2.19. The minimum Gasteiger partial charge on any atom is -0.380 e. The van der Waals surface area contributed by atoms with Gasteiger partial charge < -0.3 is 10.6 Å². The molecule has 116 valence electrons. The summed E-state index contributed by atoms with van der Waals surface area (Å²) in [5, 5.41) is 8.01. The standard InChI is InChI=1S/C16H20N4O2/c1-16(2,3)13-10-12(20(4)18-13)15(21)22-19-14(17)11-8-6-5-7-9-11/h5-10H,1-4H3,(H2,17,19). The Morgan fingerprint density at radius 1 is 1.27 bits per heavy atom. The molecule has 0 unspecified atom stereocenters. The first-order valence-corrected chi connectivity index (χ1v) is 6.94. The van der Waals surface area contributed by atoms with E-state index in [2.05, 4.69) is 10.3 Å². The van der Waals surface area contributed by atoms with Crippen LogP contribution in [0.4, 0.5) is 0 Å². The van der Waals surface area contributed by atoms with Crippen LogP contribution in [0.3, 0.4) is 0 Å². The highest BCUT2D eigenvalue weighted by atomic mass is 16.7. The van der Waals surface area contributed by atoms with Crippen molar-refractivity contribution in [1.82, 2.24) is 9.78 Å². The summed E-state index contributed by atoms with van der Waals surface area (Å²) in [7, 11) is 1.69. The van der Waals surface area contributed by atoms with Crippen LogP contribution in [0.1, 0.15) is 42.5 Å². The Morgan fingerprint density at radius 3 is 2.45 bits per heavy atom. The zero-order valence-electron chi connectivity index (χ0n) is 13.2. The minimum atomic E-state index is -0.593. The molecule has 22 heavy (non-hydrogen) atoms. The molecule has 0 aliphatic rings. The van der Waals surface area contributed by atoms with Gasteiger partial charge in [0.15, 0.2) is 5.84 Å². The molecule has 0 aliphatic heterocycles. The van der Waals surface area contributed by atoms with Crippen LogP contribution in [0.25, 0.3) is 0 Å². The van der Waals surface area contributed by atoms with Crippen LogP contribution in [-0.4, -0.2) is 21.6 Å². The number of nitrogens with zero attached hydrogens (tertiary/aromatic N) is 3. The Kier molecular flexibility index (Phi) is 4.30. The molecule has 0 bridgehead atoms. The lowest BCUT2D eigenvalue weighted by molar-refractivity contribution is 0.0503. The Morgan fingerprint density at radius 2 is 1.91 bits per heavy atom. The monoisotopic (exact) mass is 300 g/mol. The lowest BCUT2D eigenvalue weighted by Gasteiger charge is -2.13. The van der Waals surface area contributed by atoms with E-state index in [0.717, 1.165) is 5.69 Å². The van der Waals surface area contributed by atoms with Crippen LogP contribution in [-0.2, 0) is 17.3 Å². The van der Waals surface area contributed by atoms with Gasteiger partial charge in [0.05, 0.1) is 5.69 Å². The van der Waals surface area contributed by atoms with Crippen LogP contribution in [0.15, 0.2) is 41.6 Å². The van der Waals surface area contributed by atoms with Gasteiger partial charge in [0.1, 0.15) is 5.69 Å². The smallest absolute Gasteiger partial charge is 0.380 e. The molecular weight excluding hydrogens is 280 g/mol. The molecule has 0 saturated heterocycles. The lowest BCUT2D eigenvalue weighted by Crippen LogP contribution is -2.16. The molecule has 6 heteroatoms. The van der Waals surface area contributed by atoms with Gasteiger partial charge in [-0.2, -0.15) is 5.10 Å². The SMILES string of the molecule is Cn1nc(C(C)(C)C)cc1C(=O)ON=C(N)c1ccccc1. The van der Waals surface area contributed by atoms with Gasteiger partial charge in [-0.1, -0.05) is 56.3 Å². The fourth-order valence-electron chi connectivity index (χ4n) is 1.82. The van der Waals surface area contributed by atoms with Crippen molar-refractivity contribution >= 4 is 11.8 Å². The fourth-order valence-corrected chi connectivity index (χ4v) is 1.82. The van der Waals surface area contributed by atoms with E-state index in [9.17, 15) is 4.79 Å². The first kappa shape index (κ1) is 15.8. The largest absolute Gasteiger partial charge is 0.383 e. The van der Waals surface area contributed by atoms with Crippen molar-refractivity contribution in [2.24, 2.45) is 17.9 Å². The van der Waals surface area contributed by atoms with E-state index in [4.69, 9.17) is 10.6 Å². The van der Waals surface area contributed by atoms with E-state index in [1.165, 1.54) is 4.68 Å². The molecule has 1 aromatic carbocycles. The minimum absolute atomic E-state index is 0.146. The third-order valence-corrected chi connectivity index (χ3v) is 3.15. The van der Waals surface area contributed by atoms with Gasteiger partial charge in [-0.05, 0) is 6.07 Å². The second-order valence-corrected chi connectivity index (χ2v) is 6.01. The summed E-state index contributed by atoms with van der Waals surface area (Å²) in [6, 6.07) is 10.8. The van der Waals surface area contributed by atoms with Crippen molar-refractivity contribution in [3.63, 3.8) is 0 Å². The highest BCUT2D eigenvalue weighted by molar-refractivity contribution is 5.97. The summed E-state index contributed by atoms with van der Waals surface area (Å²) >= 11 is 0. The fraction of sp³-hybridized carbons (Fsp3) is 0.312. The summed E-state index contributed by atoms with van der Waals surface area (Å²) < 4.78 is 1.48. The van der Waals surface area contributed by atoms with E-state index in [1.807, 2.05) is 39.0 Å². The number of oxime groups is 1. The van der Waals surface area contributed by atoms with Crippen LogP contribution in [0.2, 0.25) is 0 Å². The number of rotatable bonds is 3. The Labute approximate surface area is 129 Å². The number of hydrogen-bond acceptors (Lipinski definition) is 4. The Balaban J connectivity index is 2.15. The lowest BCUT2D eigenvalue weighted by atomic mass is 9.92. The van der Waals surface area contributed by atoms with Gasteiger partial charge in [-0.3, -0.25) is 4.68 Å². The number of aryl methyl sites for hydroxylation is 1. The molecule has 2 rings (SSSR count). The van der Waals surface area contributed by atoms with E-state index in [-0.39, 0.29) is 11.3 Å². The van der Waals surface area contributed by atoms with Crippen LogP contribution in [0, 0.1) is 0 Å². The maximum atomic E-state index is 12.1.